The lowest BCUT2D eigenvalue weighted by Gasteiger charge is -2.21. The van der Waals surface area contributed by atoms with Gasteiger partial charge in [-0.3, -0.25) is 0 Å². The number of likely N-dealkylation sites (tertiary alicyclic amines) is 1. The monoisotopic (exact) mass is 240 g/mol. The molecule has 0 radical (unpaired) electrons. The molecule has 0 spiro atoms. The molecule has 0 aromatic rings. The van der Waals surface area contributed by atoms with Crippen LogP contribution < -0.4 is 5.32 Å². The van der Waals surface area contributed by atoms with Crippen molar-refractivity contribution in [2.45, 2.75) is 51.7 Å². The first kappa shape index (κ1) is 13.3. The Morgan fingerprint density at radius 1 is 1.29 bits per heavy atom. The smallest absolute Gasteiger partial charge is 0.0704 e. The van der Waals surface area contributed by atoms with Crippen molar-refractivity contribution in [3.05, 3.63) is 0 Å². The van der Waals surface area contributed by atoms with Crippen LogP contribution in [0.2, 0.25) is 0 Å². The van der Waals surface area contributed by atoms with E-state index in [1.54, 1.807) is 0 Å². The average molecular weight is 240 g/mol. The number of nitrogens with one attached hydrogen (secondary N) is 1. The third-order valence-electron chi connectivity index (χ3n) is 3.95. The van der Waals surface area contributed by atoms with Gasteiger partial charge in [0.25, 0.3) is 0 Å². The van der Waals surface area contributed by atoms with Crippen molar-refractivity contribution >= 4 is 0 Å². The molecule has 2 rings (SSSR count). The van der Waals surface area contributed by atoms with Gasteiger partial charge in [0.05, 0.1) is 12.2 Å². The van der Waals surface area contributed by atoms with Gasteiger partial charge in [0.1, 0.15) is 0 Å². The SMILES string of the molecule is CC(CNCC1CCC(C)O1)CN1CCCC1. The Morgan fingerprint density at radius 3 is 2.71 bits per heavy atom. The summed E-state index contributed by atoms with van der Waals surface area (Å²) in [5, 5.41) is 3.57. The lowest BCUT2D eigenvalue weighted by atomic mass is 10.1. The summed E-state index contributed by atoms with van der Waals surface area (Å²) in [5.41, 5.74) is 0. The largest absolute Gasteiger partial charge is 0.374 e. The molecular formula is C14H28N2O. The van der Waals surface area contributed by atoms with E-state index in [1.165, 1.54) is 45.3 Å². The Labute approximate surface area is 106 Å². The van der Waals surface area contributed by atoms with Crippen molar-refractivity contribution in [1.82, 2.24) is 10.2 Å². The number of ether oxygens (including phenoxy) is 1. The van der Waals surface area contributed by atoms with E-state index < -0.39 is 0 Å². The van der Waals surface area contributed by atoms with Crippen LogP contribution in [0.5, 0.6) is 0 Å². The average Bonchev–Trinajstić information content (AvgIpc) is 2.90. The predicted molar refractivity (Wildman–Crippen MR) is 71.3 cm³/mol. The standard InChI is InChI=1S/C14H28N2O/c1-12(11-16-7-3-4-8-16)9-15-10-14-6-5-13(2)17-14/h12-15H,3-11H2,1-2H3. The Bertz CT molecular complexity index is 216. The summed E-state index contributed by atoms with van der Waals surface area (Å²) < 4.78 is 5.80. The minimum atomic E-state index is 0.462. The fraction of sp³-hybridized carbons (Fsp3) is 1.00. The Kier molecular flexibility index (Phi) is 5.26. The second-order valence-corrected chi connectivity index (χ2v) is 5.92. The molecule has 2 heterocycles. The van der Waals surface area contributed by atoms with Crippen molar-refractivity contribution in [2.75, 3.05) is 32.7 Å². The summed E-state index contributed by atoms with van der Waals surface area (Å²) in [5.74, 6) is 0.756. The molecule has 3 heteroatoms. The van der Waals surface area contributed by atoms with Crippen LogP contribution in [-0.4, -0.2) is 49.8 Å². The van der Waals surface area contributed by atoms with Gasteiger partial charge in [-0.25, -0.2) is 0 Å². The van der Waals surface area contributed by atoms with Gasteiger partial charge in [-0.05, 0) is 58.2 Å². The molecule has 3 unspecified atom stereocenters. The van der Waals surface area contributed by atoms with E-state index in [4.69, 9.17) is 4.74 Å². The van der Waals surface area contributed by atoms with Gasteiger partial charge in [-0.15, -0.1) is 0 Å². The molecule has 0 saturated carbocycles. The zero-order valence-corrected chi connectivity index (χ0v) is 11.5. The van der Waals surface area contributed by atoms with Crippen LogP contribution >= 0.6 is 0 Å². The molecule has 0 aromatic carbocycles. The number of hydrogen-bond acceptors (Lipinski definition) is 3. The summed E-state index contributed by atoms with van der Waals surface area (Å²) >= 11 is 0. The van der Waals surface area contributed by atoms with Crippen LogP contribution in [0.3, 0.4) is 0 Å². The summed E-state index contributed by atoms with van der Waals surface area (Å²) in [6.45, 7) is 10.6. The van der Waals surface area contributed by atoms with Gasteiger partial charge in [0.15, 0.2) is 0 Å². The summed E-state index contributed by atoms with van der Waals surface area (Å²) in [6.07, 6.45) is 6.19. The maximum absolute atomic E-state index is 5.80. The minimum absolute atomic E-state index is 0.462. The van der Waals surface area contributed by atoms with Crippen LogP contribution in [0.4, 0.5) is 0 Å². The van der Waals surface area contributed by atoms with Gasteiger partial charge >= 0.3 is 0 Å². The molecule has 2 fully saturated rings. The fourth-order valence-electron chi connectivity index (χ4n) is 3.00. The number of hydrogen-bond donors (Lipinski definition) is 1. The first-order chi connectivity index (χ1) is 8.24. The summed E-state index contributed by atoms with van der Waals surface area (Å²) in [7, 11) is 0. The van der Waals surface area contributed by atoms with Gasteiger partial charge in [0, 0.05) is 13.1 Å². The van der Waals surface area contributed by atoms with Crippen molar-refractivity contribution in [2.24, 2.45) is 5.92 Å². The molecule has 2 aliphatic heterocycles. The minimum Gasteiger partial charge on any atom is -0.374 e. The molecule has 17 heavy (non-hydrogen) atoms. The van der Waals surface area contributed by atoms with Crippen LogP contribution in [0, 0.1) is 5.92 Å². The van der Waals surface area contributed by atoms with Crippen LogP contribution in [-0.2, 0) is 4.74 Å². The van der Waals surface area contributed by atoms with Crippen molar-refractivity contribution in [1.29, 1.82) is 0 Å². The van der Waals surface area contributed by atoms with Crippen LogP contribution in [0.1, 0.15) is 39.5 Å². The molecule has 1 N–H and O–H groups in total. The van der Waals surface area contributed by atoms with Crippen molar-refractivity contribution in [3.8, 4) is 0 Å². The lowest BCUT2D eigenvalue weighted by molar-refractivity contribution is 0.0554. The molecule has 0 aliphatic carbocycles. The molecule has 0 bridgehead atoms. The Hall–Kier alpha value is -0.120. The maximum Gasteiger partial charge on any atom is 0.0704 e. The van der Waals surface area contributed by atoms with Crippen LogP contribution in [0.25, 0.3) is 0 Å². The van der Waals surface area contributed by atoms with Gasteiger partial charge in [0.2, 0.25) is 0 Å². The van der Waals surface area contributed by atoms with Gasteiger partial charge in [-0.1, -0.05) is 6.92 Å². The first-order valence-corrected chi connectivity index (χ1v) is 7.32. The van der Waals surface area contributed by atoms with E-state index in [2.05, 4.69) is 24.1 Å². The molecule has 100 valence electrons. The van der Waals surface area contributed by atoms with E-state index >= 15 is 0 Å². The zero-order valence-electron chi connectivity index (χ0n) is 11.5. The predicted octanol–water partition coefficient (Wildman–Crippen LogP) is 1.88. The van der Waals surface area contributed by atoms with E-state index in [0.29, 0.717) is 12.2 Å². The molecule has 2 aliphatic rings. The van der Waals surface area contributed by atoms with Crippen molar-refractivity contribution < 1.29 is 4.74 Å². The molecule has 0 aromatic heterocycles. The Morgan fingerprint density at radius 2 is 2.06 bits per heavy atom. The topological polar surface area (TPSA) is 24.5 Å². The quantitative estimate of drug-likeness (QED) is 0.767. The highest BCUT2D eigenvalue weighted by Gasteiger charge is 2.21. The second-order valence-electron chi connectivity index (χ2n) is 5.92. The molecule has 3 nitrogen and oxygen atoms in total. The third kappa shape index (κ3) is 4.57. The summed E-state index contributed by atoms with van der Waals surface area (Å²) in [6, 6.07) is 0. The fourth-order valence-corrected chi connectivity index (χ4v) is 3.00. The molecular weight excluding hydrogens is 212 g/mol. The maximum atomic E-state index is 5.80. The van der Waals surface area contributed by atoms with E-state index in [0.717, 1.165) is 19.0 Å². The van der Waals surface area contributed by atoms with Crippen molar-refractivity contribution in [3.63, 3.8) is 0 Å². The van der Waals surface area contributed by atoms with Gasteiger partial charge in [-0.2, -0.15) is 0 Å². The zero-order chi connectivity index (χ0) is 12.1. The van der Waals surface area contributed by atoms with Gasteiger partial charge < -0.3 is 15.0 Å². The van der Waals surface area contributed by atoms with Crippen LogP contribution in [0.15, 0.2) is 0 Å². The second kappa shape index (κ2) is 6.72. The lowest BCUT2D eigenvalue weighted by Crippen LogP contribution is -2.35. The highest BCUT2D eigenvalue weighted by Crippen LogP contribution is 2.18. The molecule has 0 amide bonds. The number of rotatable bonds is 6. The molecule has 2 saturated heterocycles. The van der Waals surface area contributed by atoms with E-state index in [-0.39, 0.29) is 0 Å². The first-order valence-electron chi connectivity index (χ1n) is 7.32. The van der Waals surface area contributed by atoms with E-state index in [1.807, 2.05) is 0 Å². The normalized spacial score (nSPS) is 32.1. The highest BCUT2D eigenvalue weighted by molar-refractivity contribution is 4.74. The highest BCUT2D eigenvalue weighted by atomic mass is 16.5. The number of nitrogens with zero attached hydrogens (tertiary/aromatic N) is 1. The molecule has 3 atom stereocenters. The Balaban J connectivity index is 1.52. The summed E-state index contributed by atoms with van der Waals surface area (Å²) in [4.78, 5) is 2.60. The van der Waals surface area contributed by atoms with E-state index in [9.17, 15) is 0 Å². The third-order valence-corrected chi connectivity index (χ3v) is 3.95.